The van der Waals surface area contributed by atoms with Crippen LogP contribution in [0.4, 0.5) is 0 Å². The lowest BCUT2D eigenvalue weighted by molar-refractivity contribution is -0.142. The van der Waals surface area contributed by atoms with E-state index in [9.17, 15) is 38.7 Å². The van der Waals surface area contributed by atoms with Crippen LogP contribution < -0.4 is 101 Å². The van der Waals surface area contributed by atoms with Gasteiger partial charge in [-0.3, -0.25) is 53.7 Å². The van der Waals surface area contributed by atoms with Gasteiger partial charge in [-0.15, -0.1) is 0 Å². The first-order valence-electron chi connectivity index (χ1n) is 24.9. The van der Waals surface area contributed by atoms with Crippen LogP contribution in [0.15, 0.2) is 55.3 Å². The van der Waals surface area contributed by atoms with Crippen LogP contribution in [0.2, 0.25) is 0 Å². The molecule has 0 aliphatic heterocycles. The molecule has 0 saturated heterocycles. The number of aliphatic carboxylic acids is 1. The van der Waals surface area contributed by atoms with Crippen LogP contribution in [0.1, 0.15) is 89.0 Å². The van der Waals surface area contributed by atoms with Gasteiger partial charge in [0.25, 0.3) is 0 Å². The molecule has 31 heteroatoms. The Labute approximate surface area is 441 Å². The van der Waals surface area contributed by atoms with Crippen LogP contribution in [0.5, 0.6) is 0 Å². The van der Waals surface area contributed by atoms with Crippen LogP contribution in [0.3, 0.4) is 0 Å². The predicted molar refractivity (Wildman–Crippen MR) is 290 cm³/mol. The van der Waals surface area contributed by atoms with Gasteiger partial charge < -0.3 is 106 Å². The van der Waals surface area contributed by atoms with Gasteiger partial charge in [0, 0.05) is 39.1 Å². The first-order valence-corrected chi connectivity index (χ1v) is 24.9. The van der Waals surface area contributed by atoms with Crippen molar-refractivity contribution in [3.8, 4) is 0 Å². The molecule has 426 valence electrons. The third-order valence-corrected chi connectivity index (χ3v) is 11.1. The van der Waals surface area contributed by atoms with Crippen molar-refractivity contribution >= 4 is 71.2 Å². The lowest BCUT2D eigenvalue weighted by atomic mass is 10.0. The van der Waals surface area contributed by atoms with E-state index < -0.39 is 83.7 Å². The molecular formula is C45H83N23O8. The Bertz CT molecular complexity index is 2120. The summed E-state index contributed by atoms with van der Waals surface area (Å²) in [5.41, 5.74) is 67.3. The van der Waals surface area contributed by atoms with Crippen molar-refractivity contribution in [1.29, 1.82) is 0 Å². The van der Waals surface area contributed by atoms with Gasteiger partial charge in [0.1, 0.15) is 36.3 Å². The minimum atomic E-state index is -1.40. The summed E-state index contributed by atoms with van der Waals surface area (Å²) in [4.78, 5) is 116. The third-order valence-electron chi connectivity index (χ3n) is 11.1. The number of nitrogens with zero attached hydrogens (tertiary/aromatic N) is 5. The maximum atomic E-state index is 14.4. The second kappa shape index (κ2) is 37.5. The van der Waals surface area contributed by atoms with E-state index in [-0.39, 0.29) is 140 Å². The smallest absolute Gasteiger partial charge is 0.326 e. The van der Waals surface area contributed by atoms with Crippen molar-refractivity contribution in [2.24, 2.45) is 93.8 Å². The Kier molecular flexibility index (Phi) is 32.5. The average Bonchev–Trinajstić information content (AvgIpc) is 3.35. The lowest BCUT2D eigenvalue weighted by Gasteiger charge is -2.28. The van der Waals surface area contributed by atoms with Gasteiger partial charge in [-0.05, 0) is 95.6 Å². The van der Waals surface area contributed by atoms with E-state index in [1.165, 1.54) is 0 Å². The topological polar surface area (TPSA) is 586 Å². The number of nitrogens with one attached hydrogen (secondary N) is 6. The molecule has 0 saturated carbocycles. The molecule has 0 aromatic heterocycles. The van der Waals surface area contributed by atoms with E-state index in [1.807, 2.05) is 0 Å². The number of guanidine groups is 5. The zero-order chi connectivity index (χ0) is 57.0. The number of aliphatic imine (C=N–C) groups is 5. The summed E-state index contributed by atoms with van der Waals surface area (Å²) in [6.45, 7) is 0.668. The van der Waals surface area contributed by atoms with Gasteiger partial charge in [0.2, 0.25) is 35.4 Å². The summed E-state index contributed by atoms with van der Waals surface area (Å²) in [6.07, 6.45) is 1.62. The van der Waals surface area contributed by atoms with Gasteiger partial charge in [0.05, 0.1) is 6.04 Å². The molecule has 6 amide bonds. The van der Waals surface area contributed by atoms with E-state index in [0.29, 0.717) is 24.8 Å². The van der Waals surface area contributed by atoms with E-state index >= 15 is 0 Å². The Balaban J connectivity index is 3.64. The summed E-state index contributed by atoms with van der Waals surface area (Å²) in [5, 5.41) is 25.8. The highest BCUT2D eigenvalue weighted by atomic mass is 16.4. The van der Waals surface area contributed by atoms with Gasteiger partial charge in [-0.2, -0.15) is 0 Å². The summed E-state index contributed by atoms with van der Waals surface area (Å²) in [5.74, 6) is -7.14. The first kappa shape index (κ1) is 65.8. The monoisotopic (exact) mass is 1070 g/mol. The molecule has 31 N–H and O–H groups in total. The van der Waals surface area contributed by atoms with Crippen molar-refractivity contribution in [3.05, 3.63) is 35.9 Å². The van der Waals surface area contributed by atoms with E-state index in [0.717, 1.165) is 0 Å². The molecule has 0 bridgehead atoms. The average molecular weight is 1070 g/mol. The molecule has 1 aromatic rings. The molecule has 1 aromatic carbocycles. The molecule has 0 spiro atoms. The van der Waals surface area contributed by atoms with E-state index in [2.05, 4.69) is 56.9 Å². The summed E-state index contributed by atoms with van der Waals surface area (Å²) < 4.78 is 0. The van der Waals surface area contributed by atoms with Gasteiger partial charge in [-0.1, -0.05) is 30.3 Å². The summed E-state index contributed by atoms with van der Waals surface area (Å²) >= 11 is 0. The van der Waals surface area contributed by atoms with Crippen molar-refractivity contribution in [1.82, 2.24) is 31.9 Å². The zero-order valence-corrected chi connectivity index (χ0v) is 43.0. The highest BCUT2D eigenvalue weighted by Gasteiger charge is 2.34. The standard InChI is InChI=1S/C45H83N23O8/c46-19-5-4-14-28(35(70)65-31(17-9-23-61-44(54)55)38(73)67-32(40(75)76)18-10-24-62-45(56)57)63-36(71)29(15-7-21-59-42(50)51)64-37(72)30(16-8-22-60-43(52)53)66-39(74)33(25-26-11-2-1-3-12-26)68-34(69)27(47)13-6-20-58-41(48)49/h1-3,11-12,27-33H,4-10,13-25,46-47H2,(H,63,71)(H,64,72)(H,65,70)(H,66,74)(H,67,73)(H,68,69)(H,75,76)(H4,48,49,58)(H4,50,51,59)(H4,52,53,60)(H4,54,55,61)(H4,56,57,62)/t27-,28-,29-,30-,31-,32-,33-/m0/s1. The molecule has 1 rings (SSSR count). The normalized spacial score (nSPS) is 13.4. The molecule has 0 aliphatic rings. The Morgan fingerprint density at radius 3 is 1.01 bits per heavy atom. The minimum Gasteiger partial charge on any atom is -0.480 e. The number of carbonyl (C=O) groups excluding carboxylic acids is 6. The Morgan fingerprint density at radius 1 is 0.395 bits per heavy atom. The second-order valence-corrected chi connectivity index (χ2v) is 17.5. The van der Waals surface area contributed by atoms with Crippen LogP contribution >= 0.6 is 0 Å². The quantitative estimate of drug-likeness (QED) is 0.0165. The zero-order valence-electron chi connectivity index (χ0n) is 43.0. The lowest BCUT2D eigenvalue weighted by Crippen LogP contribution is -2.60. The van der Waals surface area contributed by atoms with Crippen molar-refractivity contribution in [3.63, 3.8) is 0 Å². The van der Waals surface area contributed by atoms with Crippen LogP contribution in [-0.4, -0.2) is 158 Å². The minimum absolute atomic E-state index is 0.00619. The number of carboxylic acid groups (broad SMARTS) is 1. The molecule has 7 atom stereocenters. The molecule has 0 heterocycles. The van der Waals surface area contributed by atoms with Crippen molar-refractivity contribution in [2.45, 2.75) is 132 Å². The number of hydrogen-bond acceptors (Lipinski definition) is 14. The van der Waals surface area contributed by atoms with E-state index in [1.54, 1.807) is 30.3 Å². The summed E-state index contributed by atoms with van der Waals surface area (Å²) in [7, 11) is 0. The SMILES string of the molecule is NCCCC[C@H](NC(=O)[C@H](CCCN=C(N)N)NC(=O)[C@H](CCCN=C(N)N)NC(=O)[C@H](Cc1ccccc1)NC(=O)[C@@H](N)CCCN=C(N)N)C(=O)N[C@@H](CCCN=C(N)N)C(=O)N[C@@H](CCCN=C(N)N)C(=O)O. The highest BCUT2D eigenvalue weighted by Crippen LogP contribution is 2.11. The van der Waals surface area contributed by atoms with Crippen LogP contribution in [0, 0.1) is 0 Å². The van der Waals surface area contributed by atoms with Gasteiger partial charge in [-0.25, -0.2) is 4.79 Å². The number of rotatable bonds is 39. The number of hydrogen-bond donors (Lipinski definition) is 19. The number of amides is 6. The highest BCUT2D eigenvalue weighted by molar-refractivity contribution is 5.97. The van der Waals surface area contributed by atoms with Gasteiger partial charge in [0.15, 0.2) is 29.8 Å². The largest absolute Gasteiger partial charge is 0.480 e. The molecule has 0 radical (unpaired) electrons. The Morgan fingerprint density at radius 2 is 0.684 bits per heavy atom. The molecular weight excluding hydrogens is 991 g/mol. The second-order valence-electron chi connectivity index (χ2n) is 17.5. The Hall–Kier alpha value is -8.22. The molecule has 0 unspecified atom stereocenters. The summed E-state index contributed by atoms with van der Waals surface area (Å²) in [6, 6.07) is -0.384. The fourth-order valence-corrected chi connectivity index (χ4v) is 7.19. The molecule has 0 aliphatic carbocycles. The number of unbranched alkanes of at least 4 members (excludes halogenated alkanes) is 1. The molecule has 0 fully saturated rings. The van der Waals surface area contributed by atoms with E-state index in [4.69, 9.17) is 68.8 Å². The third kappa shape index (κ3) is 30.1. The number of carboxylic acids is 1. The van der Waals surface area contributed by atoms with Gasteiger partial charge >= 0.3 is 5.97 Å². The van der Waals surface area contributed by atoms with Crippen LogP contribution in [0.25, 0.3) is 0 Å². The maximum Gasteiger partial charge on any atom is 0.326 e. The van der Waals surface area contributed by atoms with Crippen molar-refractivity contribution in [2.75, 3.05) is 39.3 Å². The molecule has 31 nitrogen and oxygen atoms in total. The maximum absolute atomic E-state index is 14.4. The first-order chi connectivity index (χ1) is 36.0. The van der Waals surface area contributed by atoms with Crippen molar-refractivity contribution < 1.29 is 38.7 Å². The number of carbonyl (C=O) groups is 7. The predicted octanol–water partition coefficient (Wildman–Crippen LogP) is -7.05. The fourth-order valence-electron chi connectivity index (χ4n) is 7.19. The number of benzene rings is 1. The fraction of sp³-hybridized carbons (Fsp3) is 0.600. The van der Waals surface area contributed by atoms with Crippen LogP contribution in [-0.2, 0) is 40.0 Å². The molecule has 76 heavy (non-hydrogen) atoms. The number of nitrogens with two attached hydrogens (primary N) is 12.